The number of aromatic nitrogens is 2. The molecule has 1 unspecified atom stereocenters. The van der Waals surface area contributed by atoms with Crippen LogP contribution in [0, 0.1) is 6.92 Å². The fraction of sp³-hybridized carbons (Fsp3) is 0.333. The zero-order chi connectivity index (χ0) is 19.1. The normalized spacial score (nSPS) is 18.5. The number of aryl methyl sites for hydroxylation is 2. The Bertz CT molecular complexity index is 1000. The van der Waals surface area contributed by atoms with Crippen molar-refractivity contribution in [2.75, 3.05) is 0 Å². The Hall–Kier alpha value is -2.88. The summed E-state index contributed by atoms with van der Waals surface area (Å²) >= 11 is 0. The highest BCUT2D eigenvalue weighted by Gasteiger charge is 2.40. The molecule has 2 aliphatic rings. The van der Waals surface area contributed by atoms with E-state index in [2.05, 4.69) is 34.3 Å². The van der Waals surface area contributed by atoms with Crippen LogP contribution >= 0.6 is 0 Å². The standard InChI is InChI=1S/C24H25N3O/c1-17-16-22(25-27(17)20-10-3-2-4-11-20)24(28)26(19-14-15-19)23-13-7-9-18-8-5-6-12-21(18)23/h2-6,8,10-12,16,19,23H,7,9,13-15H2,1H3. The minimum atomic E-state index is 0.0713. The second-order valence-corrected chi connectivity index (χ2v) is 7.97. The van der Waals surface area contributed by atoms with Gasteiger partial charge in [-0.15, -0.1) is 0 Å². The van der Waals surface area contributed by atoms with Crippen LogP contribution in [0.4, 0.5) is 0 Å². The number of nitrogens with zero attached hydrogens (tertiary/aromatic N) is 3. The van der Waals surface area contributed by atoms with E-state index in [9.17, 15) is 4.79 Å². The molecule has 0 radical (unpaired) electrons. The Morgan fingerprint density at radius 3 is 2.57 bits per heavy atom. The molecule has 2 aliphatic carbocycles. The lowest BCUT2D eigenvalue weighted by atomic mass is 9.86. The summed E-state index contributed by atoms with van der Waals surface area (Å²) in [6.07, 6.45) is 5.49. The van der Waals surface area contributed by atoms with Crippen molar-refractivity contribution in [3.63, 3.8) is 0 Å². The summed E-state index contributed by atoms with van der Waals surface area (Å²) in [5.41, 5.74) is 5.24. The largest absolute Gasteiger partial charge is 0.327 e. The predicted octanol–water partition coefficient (Wildman–Crippen LogP) is 4.86. The van der Waals surface area contributed by atoms with Crippen molar-refractivity contribution in [3.8, 4) is 5.69 Å². The van der Waals surface area contributed by atoms with Gasteiger partial charge in [0.1, 0.15) is 0 Å². The maximum atomic E-state index is 13.6. The molecular formula is C24H25N3O. The number of carbonyl (C=O) groups is 1. The van der Waals surface area contributed by atoms with E-state index < -0.39 is 0 Å². The van der Waals surface area contributed by atoms with Gasteiger partial charge in [-0.3, -0.25) is 4.79 Å². The first-order chi connectivity index (χ1) is 13.7. The SMILES string of the molecule is Cc1cc(C(=O)N(C2CC2)C2CCCc3ccccc32)nn1-c1ccccc1. The number of hydrogen-bond donors (Lipinski definition) is 0. The molecule has 0 bridgehead atoms. The minimum absolute atomic E-state index is 0.0713. The summed E-state index contributed by atoms with van der Waals surface area (Å²) < 4.78 is 1.87. The number of benzene rings is 2. The quantitative estimate of drug-likeness (QED) is 0.657. The van der Waals surface area contributed by atoms with Crippen LogP contribution in [0.15, 0.2) is 60.7 Å². The molecule has 3 aromatic rings. The molecular weight excluding hydrogens is 346 g/mol. The van der Waals surface area contributed by atoms with Gasteiger partial charge in [-0.2, -0.15) is 5.10 Å². The van der Waals surface area contributed by atoms with E-state index >= 15 is 0 Å². The molecule has 0 N–H and O–H groups in total. The Morgan fingerprint density at radius 2 is 1.79 bits per heavy atom. The summed E-state index contributed by atoms with van der Waals surface area (Å²) in [5, 5.41) is 4.69. The molecule has 5 rings (SSSR count). The van der Waals surface area contributed by atoms with E-state index in [1.165, 1.54) is 11.1 Å². The van der Waals surface area contributed by atoms with Crippen LogP contribution in [-0.2, 0) is 6.42 Å². The average Bonchev–Trinajstić information content (AvgIpc) is 3.49. The van der Waals surface area contributed by atoms with Gasteiger partial charge in [0.15, 0.2) is 5.69 Å². The molecule has 1 fully saturated rings. The van der Waals surface area contributed by atoms with E-state index in [1.54, 1.807) is 0 Å². The van der Waals surface area contributed by atoms with Crippen LogP contribution in [0.5, 0.6) is 0 Å². The molecule has 1 amide bonds. The number of fused-ring (bicyclic) bond motifs is 1. The molecule has 4 heteroatoms. The second-order valence-electron chi connectivity index (χ2n) is 7.97. The number of rotatable bonds is 4. The summed E-state index contributed by atoms with van der Waals surface area (Å²) in [7, 11) is 0. The van der Waals surface area contributed by atoms with E-state index in [0.717, 1.165) is 43.5 Å². The number of para-hydroxylation sites is 1. The lowest BCUT2D eigenvalue weighted by Crippen LogP contribution is -2.38. The van der Waals surface area contributed by atoms with Crippen LogP contribution in [0.2, 0.25) is 0 Å². The van der Waals surface area contributed by atoms with E-state index in [-0.39, 0.29) is 11.9 Å². The molecule has 4 nitrogen and oxygen atoms in total. The Balaban J connectivity index is 1.50. The van der Waals surface area contributed by atoms with Gasteiger partial charge in [0.25, 0.3) is 5.91 Å². The summed E-state index contributed by atoms with van der Waals surface area (Å²) in [4.78, 5) is 15.7. The Morgan fingerprint density at radius 1 is 1.04 bits per heavy atom. The Kier molecular flexibility index (Phi) is 4.27. The van der Waals surface area contributed by atoms with E-state index in [4.69, 9.17) is 0 Å². The van der Waals surface area contributed by atoms with E-state index in [1.807, 2.05) is 48.0 Å². The number of carbonyl (C=O) groups excluding carboxylic acids is 1. The van der Waals surface area contributed by atoms with Crippen molar-refractivity contribution in [2.24, 2.45) is 0 Å². The van der Waals surface area contributed by atoms with Gasteiger partial charge in [0.2, 0.25) is 0 Å². The van der Waals surface area contributed by atoms with Gasteiger partial charge in [-0.05, 0) is 68.4 Å². The minimum Gasteiger partial charge on any atom is -0.327 e. The van der Waals surface area contributed by atoms with Crippen molar-refractivity contribution >= 4 is 5.91 Å². The molecule has 1 saturated carbocycles. The maximum Gasteiger partial charge on any atom is 0.275 e. The third-order valence-corrected chi connectivity index (χ3v) is 5.96. The van der Waals surface area contributed by atoms with Crippen LogP contribution < -0.4 is 0 Å². The van der Waals surface area contributed by atoms with Gasteiger partial charge in [-0.1, -0.05) is 42.5 Å². The van der Waals surface area contributed by atoms with Gasteiger partial charge in [0.05, 0.1) is 11.7 Å². The molecule has 2 aromatic carbocycles. The average molecular weight is 371 g/mol. The zero-order valence-corrected chi connectivity index (χ0v) is 16.2. The summed E-state index contributed by atoms with van der Waals surface area (Å²) in [5.74, 6) is 0.0713. The highest BCUT2D eigenvalue weighted by atomic mass is 16.2. The zero-order valence-electron chi connectivity index (χ0n) is 16.2. The first-order valence-corrected chi connectivity index (χ1v) is 10.2. The topological polar surface area (TPSA) is 38.1 Å². The fourth-order valence-corrected chi connectivity index (χ4v) is 4.47. The van der Waals surface area contributed by atoms with Gasteiger partial charge >= 0.3 is 0 Å². The molecule has 1 atom stereocenters. The monoisotopic (exact) mass is 371 g/mol. The van der Waals surface area contributed by atoms with Gasteiger partial charge in [-0.25, -0.2) is 4.68 Å². The van der Waals surface area contributed by atoms with Crippen molar-refractivity contribution in [2.45, 2.75) is 51.1 Å². The second kappa shape index (κ2) is 6.93. The maximum absolute atomic E-state index is 13.6. The summed E-state index contributed by atoms with van der Waals surface area (Å²) in [6, 6.07) is 21.1. The van der Waals surface area contributed by atoms with Crippen LogP contribution in [0.3, 0.4) is 0 Å². The Labute approximate surface area is 165 Å². The molecule has 28 heavy (non-hydrogen) atoms. The number of amides is 1. The third kappa shape index (κ3) is 3.03. The smallest absolute Gasteiger partial charge is 0.275 e. The first kappa shape index (κ1) is 17.2. The summed E-state index contributed by atoms with van der Waals surface area (Å²) in [6.45, 7) is 2.01. The lowest BCUT2D eigenvalue weighted by Gasteiger charge is -2.36. The highest BCUT2D eigenvalue weighted by molar-refractivity contribution is 5.93. The fourth-order valence-electron chi connectivity index (χ4n) is 4.47. The predicted molar refractivity (Wildman–Crippen MR) is 110 cm³/mol. The van der Waals surface area contributed by atoms with Crippen molar-refractivity contribution in [1.82, 2.24) is 14.7 Å². The lowest BCUT2D eigenvalue weighted by molar-refractivity contribution is 0.0631. The van der Waals surface area contributed by atoms with Crippen LogP contribution in [-0.4, -0.2) is 26.6 Å². The van der Waals surface area contributed by atoms with Crippen molar-refractivity contribution in [3.05, 3.63) is 83.2 Å². The van der Waals surface area contributed by atoms with Crippen molar-refractivity contribution < 1.29 is 4.79 Å². The first-order valence-electron chi connectivity index (χ1n) is 10.2. The molecule has 0 aliphatic heterocycles. The van der Waals surface area contributed by atoms with Crippen LogP contribution in [0.25, 0.3) is 5.69 Å². The van der Waals surface area contributed by atoms with E-state index in [0.29, 0.717) is 11.7 Å². The highest BCUT2D eigenvalue weighted by Crippen LogP contribution is 2.41. The third-order valence-electron chi connectivity index (χ3n) is 5.96. The molecule has 0 saturated heterocycles. The van der Waals surface area contributed by atoms with Crippen LogP contribution in [0.1, 0.15) is 59.0 Å². The number of hydrogen-bond acceptors (Lipinski definition) is 2. The van der Waals surface area contributed by atoms with Gasteiger partial charge in [0, 0.05) is 11.7 Å². The molecule has 1 aromatic heterocycles. The molecule has 0 spiro atoms. The molecule has 1 heterocycles. The molecule has 142 valence electrons. The van der Waals surface area contributed by atoms with Gasteiger partial charge < -0.3 is 4.90 Å². The van der Waals surface area contributed by atoms with Crippen molar-refractivity contribution in [1.29, 1.82) is 0 Å².